The highest BCUT2D eigenvalue weighted by molar-refractivity contribution is 5.71. The average molecular weight is 1020 g/mol. The molecule has 0 aromatic carbocycles. The van der Waals surface area contributed by atoms with E-state index in [0.29, 0.717) is 19.3 Å². The first kappa shape index (κ1) is 70.4. The van der Waals surface area contributed by atoms with E-state index in [1.807, 2.05) is 0 Å². The van der Waals surface area contributed by atoms with Gasteiger partial charge in [0.05, 0.1) is 0 Å². The van der Waals surface area contributed by atoms with E-state index >= 15 is 0 Å². The van der Waals surface area contributed by atoms with Crippen LogP contribution in [0, 0.1) is 0 Å². The van der Waals surface area contributed by atoms with Crippen molar-refractivity contribution in [3.63, 3.8) is 0 Å². The molecule has 0 aromatic rings. The zero-order chi connectivity index (χ0) is 52.9. The van der Waals surface area contributed by atoms with Gasteiger partial charge in [0.1, 0.15) is 13.2 Å². The van der Waals surface area contributed by atoms with Crippen LogP contribution in [0.25, 0.3) is 0 Å². The topological polar surface area (TPSA) is 78.9 Å². The van der Waals surface area contributed by atoms with Crippen LogP contribution in [0.15, 0.2) is 48.6 Å². The number of esters is 3. The van der Waals surface area contributed by atoms with Gasteiger partial charge >= 0.3 is 17.9 Å². The second-order valence-corrected chi connectivity index (χ2v) is 21.7. The summed E-state index contributed by atoms with van der Waals surface area (Å²) in [6.45, 7) is 6.66. The van der Waals surface area contributed by atoms with E-state index in [9.17, 15) is 14.4 Å². The number of allylic oxidation sites excluding steroid dienone is 8. The van der Waals surface area contributed by atoms with E-state index in [-0.39, 0.29) is 31.1 Å². The third-order valence-electron chi connectivity index (χ3n) is 14.3. The summed E-state index contributed by atoms with van der Waals surface area (Å²) in [6.07, 6.45) is 76.8. The van der Waals surface area contributed by atoms with Crippen LogP contribution in [-0.2, 0) is 28.6 Å². The second kappa shape index (κ2) is 61.9. The van der Waals surface area contributed by atoms with Gasteiger partial charge in [-0.3, -0.25) is 14.4 Å². The molecule has 0 N–H and O–H groups in total. The largest absolute Gasteiger partial charge is 0.462 e. The van der Waals surface area contributed by atoms with Crippen molar-refractivity contribution >= 4 is 17.9 Å². The molecule has 1 atom stereocenters. The van der Waals surface area contributed by atoms with Gasteiger partial charge in [-0.25, -0.2) is 0 Å². The Labute approximate surface area is 454 Å². The number of hydrogen-bond acceptors (Lipinski definition) is 6. The molecule has 0 radical (unpaired) electrons. The van der Waals surface area contributed by atoms with Crippen molar-refractivity contribution in [2.24, 2.45) is 0 Å². The quantitative estimate of drug-likeness (QED) is 0.0261. The highest BCUT2D eigenvalue weighted by atomic mass is 16.6. The molecule has 0 rings (SSSR count). The molecule has 0 bridgehead atoms. The van der Waals surface area contributed by atoms with E-state index in [1.165, 1.54) is 231 Å². The van der Waals surface area contributed by atoms with Crippen molar-refractivity contribution in [3.8, 4) is 0 Å². The highest BCUT2D eigenvalue weighted by Crippen LogP contribution is 2.17. The molecule has 0 fully saturated rings. The third kappa shape index (κ3) is 60.1. The zero-order valence-electron chi connectivity index (χ0n) is 48.9. The predicted octanol–water partition coefficient (Wildman–Crippen LogP) is 21.8. The third-order valence-corrected chi connectivity index (χ3v) is 14.3. The summed E-state index contributed by atoms with van der Waals surface area (Å²) in [5, 5.41) is 0. The molecule has 6 nitrogen and oxygen atoms in total. The van der Waals surface area contributed by atoms with E-state index in [4.69, 9.17) is 14.2 Å². The lowest BCUT2D eigenvalue weighted by atomic mass is 10.0. The van der Waals surface area contributed by atoms with Gasteiger partial charge in [0, 0.05) is 19.3 Å². The number of carbonyl (C=O) groups excluding carboxylic acids is 3. The highest BCUT2D eigenvalue weighted by Gasteiger charge is 2.19. The standard InChI is InChI=1S/C67H122O6/c1-4-7-10-13-16-19-22-25-27-29-30-31-32-33-34-35-36-38-39-42-45-48-51-54-57-60-66(69)72-63-64(62-71-65(68)59-56-53-50-47-44-41-24-21-18-15-12-9-6-3)73-67(70)61-58-55-52-49-46-43-40-37-28-26-23-20-17-14-11-8-5-2/h22,25-26,28-30,32-33,64H,4-21,23-24,27,31,34-63H2,1-3H3/b25-22-,28-26-,30-29-,33-32-. The summed E-state index contributed by atoms with van der Waals surface area (Å²) in [6, 6.07) is 0. The number of rotatable bonds is 59. The smallest absolute Gasteiger partial charge is 0.306 e. The van der Waals surface area contributed by atoms with Gasteiger partial charge in [-0.2, -0.15) is 0 Å². The molecule has 0 amide bonds. The fraction of sp³-hybridized carbons (Fsp3) is 0.836. The summed E-state index contributed by atoms with van der Waals surface area (Å²) in [5.41, 5.74) is 0. The summed E-state index contributed by atoms with van der Waals surface area (Å²) in [5.74, 6) is -0.861. The van der Waals surface area contributed by atoms with Gasteiger partial charge in [0.15, 0.2) is 6.10 Å². The van der Waals surface area contributed by atoms with Crippen LogP contribution < -0.4 is 0 Å². The lowest BCUT2D eigenvalue weighted by Crippen LogP contribution is -2.30. The van der Waals surface area contributed by atoms with Gasteiger partial charge in [-0.15, -0.1) is 0 Å². The van der Waals surface area contributed by atoms with Crippen molar-refractivity contribution in [1.82, 2.24) is 0 Å². The van der Waals surface area contributed by atoms with Crippen LogP contribution in [0.3, 0.4) is 0 Å². The van der Waals surface area contributed by atoms with Gasteiger partial charge in [0.2, 0.25) is 0 Å². The Morgan fingerprint density at radius 1 is 0.274 bits per heavy atom. The van der Waals surface area contributed by atoms with E-state index in [0.717, 1.165) is 70.6 Å². The first-order valence-corrected chi connectivity index (χ1v) is 32.1. The van der Waals surface area contributed by atoms with Gasteiger partial charge in [0.25, 0.3) is 0 Å². The number of hydrogen-bond donors (Lipinski definition) is 0. The Bertz CT molecular complexity index is 1270. The SMILES string of the molecule is CCCCCCC/C=C\C/C=C\C/C=C\CCCCCCCCCCCCC(=O)OCC(COC(=O)CCCCCCCCCCCCCCC)OC(=O)CCCCCCCCC/C=C\CCCCCCCC. The molecule has 0 aliphatic heterocycles. The van der Waals surface area contributed by atoms with E-state index in [1.54, 1.807) is 0 Å². The molecule has 73 heavy (non-hydrogen) atoms. The first-order valence-electron chi connectivity index (χ1n) is 32.1. The van der Waals surface area contributed by atoms with Crippen LogP contribution >= 0.6 is 0 Å². The number of unbranched alkanes of at least 4 members (excludes halogenated alkanes) is 40. The second-order valence-electron chi connectivity index (χ2n) is 21.7. The van der Waals surface area contributed by atoms with Crippen molar-refractivity contribution in [1.29, 1.82) is 0 Å². The Hall–Kier alpha value is -2.63. The van der Waals surface area contributed by atoms with E-state index in [2.05, 4.69) is 69.4 Å². The van der Waals surface area contributed by atoms with Gasteiger partial charge in [-0.05, 0) is 83.5 Å². The van der Waals surface area contributed by atoms with Crippen LogP contribution in [0.2, 0.25) is 0 Å². The van der Waals surface area contributed by atoms with Crippen LogP contribution in [0.5, 0.6) is 0 Å². The molecule has 0 aromatic heterocycles. The lowest BCUT2D eigenvalue weighted by Gasteiger charge is -2.18. The molecule has 426 valence electrons. The Morgan fingerprint density at radius 3 is 0.781 bits per heavy atom. The fourth-order valence-electron chi connectivity index (χ4n) is 9.45. The zero-order valence-corrected chi connectivity index (χ0v) is 48.9. The maximum absolute atomic E-state index is 12.9. The Kier molecular flexibility index (Phi) is 59.7. The molecule has 6 heteroatoms. The normalized spacial score (nSPS) is 12.3. The molecular formula is C67H122O6. The Morgan fingerprint density at radius 2 is 0.493 bits per heavy atom. The minimum absolute atomic E-state index is 0.0722. The number of ether oxygens (including phenoxy) is 3. The summed E-state index contributed by atoms with van der Waals surface area (Å²) in [4.78, 5) is 38.3. The molecule has 0 aliphatic rings. The van der Waals surface area contributed by atoms with Gasteiger partial charge in [-0.1, -0.05) is 288 Å². The van der Waals surface area contributed by atoms with Crippen molar-refractivity contribution in [2.45, 2.75) is 348 Å². The molecule has 0 saturated carbocycles. The summed E-state index contributed by atoms with van der Waals surface area (Å²) in [7, 11) is 0. The molecule has 0 aliphatic carbocycles. The Balaban J connectivity index is 4.28. The molecule has 0 spiro atoms. The minimum Gasteiger partial charge on any atom is -0.462 e. The first-order chi connectivity index (χ1) is 36.0. The maximum atomic E-state index is 12.9. The monoisotopic (exact) mass is 1020 g/mol. The minimum atomic E-state index is -0.775. The fourth-order valence-corrected chi connectivity index (χ4v) is 9.45. The molecule has 1 unspecified atom stereocenters. The lowest BCUT2D eigenvalue weighted by molar-refractivity contribution is -0.167. The number of carbonyl (C=O) groups is 3. The van der Waals surface area contributed by atoms with Crippen molar-refractivity contribution < 1.29 is 28.6 Å². The molecular weight excluding hydrogens is 901 g/mol. The van der Waals surface area contributed by atoms with E-state index < -0.39 is 6.10 Å². The summed E-state index contributed by atoms with van der Waals surface area (Å²) < 4.78 is 16.9. The van der Waals surface area contributed by atoms with Crippen molar-refractivity contribution in [2.75, 3.05) is 13.2 Å². The van der Waals surface area contributed by atoms with Gasteiger partial charge < -0.3 is 14.2 Å². The van der Waals surface area contributed by atoms with Crippen molar-refractivity contribution in [3.05, 3.63) is 48.6 Å². The van der Waals surface area contributed by atoms with Crippen LogP contribution in [0.1, 0.15) is 342 Å². The molecule has 0 heterocycles. The van der Waals surface area contributed by atoms with Crippen LogP contribution in [0.4, 0.5) is 0 Å². The van der Waals surface area contributed by atoms with Crippen LogP contribution in [-0.4, -0.2) is 37.2 Å². The predicted molar refractivity (Wildman–Crippen MR) is 316 cm³/mol. The summed E-state index contributed by atoms with van der Waals surface area (Å²) >= 11 is 0. The maximum Gasteiger partial charge on any atom is 0.306 e. The average Bonchev–Trinajstić information content (AvgIpc) is 3.39. The molecule has 0 saturated heterocycles.